The van der Waals surface area contributed by atoms with E-state index in [2.05, 4.69) is 28.8 Å². The molecule has 1 saturated heterocycles. The Bertz CT molecular complexity index is 250. The molecule has 0 aromatic carbocycles. The summed E-state index contributed by atoms with van der Waals surface area (Å²) in [6, 6.07) is 0. The van der Waals surface area contributed by atoms with Crippen LogP contribution in [-0.4, -0.2) is 42.3 Å². The normalized spacial score (nSPS) is 26.8. The van der Waals surface area contributed by atoms with Crippen molar-refractivity contribution in [3.05, 3.63) is 10.4 Å². The van der Waals surface area contributed by atoms with Gasteiger partial charge in [0.25, 0.3) is 0 Å². The molecule has 2 atom stereocenters. The molecule has 0 radical (unpaired) electrons. The average Bonchev–Trinajstić information content (AvgIpc) is 2.22. The van der Waals surface area contributed by atoms with Crippen LogP contribution in [0.4, 0.5) is 0 Å². The lowest BCUT2D eigenvalue weighted by Gasteiger charge is -2.36. The van der Waals surface area contributed by atoms with Gasteiger partial charge < -0.3 is 10.0 Å². The van der Waals surface area contributed by atoms with E-state index in [1.54, 1.807) is 0 Å². The van der Waals surface area contributed by atoms with Gasteiger partial charge in [-0.15, -0.1) is 0 Å². The summed E-state index contributed by atoms with van der Waals surface area (Å²) in [4.78, 5) is 5.04. The van der Waals surface area contributed by atoms with Crippen LogP contribution >= 0.6 is 0 Å². The average molecular weight is 226 g/mol. The summed E-state index contributed by atoms with van der Waals surface area (Å²) in [6.45, 7) is 7.56. The highest BCUT2D eigenvalue weighted by atomic mass is 16.3. The zero-order valence-electron chi connectivity index (χ0n) is 10.2. The third-order valence-corrected chi connectivity index (χ3v) is 3.13. The van der Waals surface area contributed by atoms with E-state index in [1.165, 1.54) is 0 Å². The predicted octanol–water partition coefficient (Wildman–Crippen LogP) is 2.03. The van der Waals surface area contributed by atoms with Crippen LogP contribution in [0.25, 0.3) is 10.4 Å². The van der Waals surface area contributed by atoms with Crippen LogP contribution in [0.1, 0.15) is 26.7 Å². The van der Waals surface area contributed by atoms with Gasteiger partial charge in [0, 0.05) is 31.1 Å². The summed E-state index contributed by atoms with van der Waals surface area (Å²) in [6.07, 6.45) is 1.76. The van der Waals surface area contributed by atoms with Crippen molar-refractivity contribution in [1.29, 1.82) is 0 Å². The molecule has 0 spiro atoms. The highest BCUT2D eigenvalue weighted by Gasteiger charge is 2.27. The molecule has 5 nitrogen and oxygen atoms in total. The standard InChI is InChI=1S/C11H22N4O/c1-9(2)7-10-8-15(5-3-11(10)16)6-4-13-14-12/h9-11,16H,3-8H2,1-2H3/t10-,11+/m0/s1. The molecule has 1 aliphatic rings. The van der Waals surface area contributed by atoms with Crippen LogP contribution in [0.3, 0.4) is 0 Å². The maximum absolute atomic E-state index is 9.90. The lowest BCUT2D eigenvalue weighted by atomic mass is 9.87. The molecule has 0 aromatic heterocycles. The second kappa shape index (κ2) is 6.74. The Morgan fingerprint density at radius 2 is 2.31 bits per heavy atom. The van der Waals surface area contributed by atoms with Crippen molar-refractivity contribution < 1.29 is 5.11 Å². The lowest BCUT2D eigenvalue weighted by molar-refractivity contribution is 0.0188. The molecule has 0 amide bonds. The van der Waals surface area contributed by atoms with Gasteiger partial charge in [0.05, 0.1) is 6.10 Å². The number of hydrogen-bond acceptors (Lipinski definition) is 3. The Morgan fingerprint density at radius 1 is 1.56 bits per heavy atom. The van der Waals surface area contributed by atoms with Gasteiger partial charge >= 0.3 is 0 Å². The SMILES string of the molecule is CC(C)C[C@H]1CN(CCN=[N+]=[N-])CC[C@H]1O. The number of piperidine rings is 1. The van der Waals surface area contributed by atoms with E-state index in [0.29, 0.717) is 18.4 Å². The van der Waals surface area contributed by atoms with Crippen LogP contribution in [0, 0.1) is 11.8 Å². The van der Waals surface area contributed by atoms with E-state index in [9.17, 15) is 5.11 Å². The van der Waals surface area contributed by atoms with E-state index < -0.39 is 0 Å². The maximum atomic E-state index is 9.90. The van der Waals surface area contributed by atoms with Crippen molar-refractivity contribution in [2.24, 2.45) is 17.0 Å². The van der Waals surface area contributed by atoms with Crippen LogP contribution in [-0.2, 0) is 0 Å². The van der Waals surface area contributed by atoms with Crippen molar-refractivity contribution in [3.8, 4) is 0 Å². The first-order valence-corrected chi connectivity index (χ1v) is 6.04. The van der Waals surface area contributed by atoms with Gasteiger partial charge in [0.2, 0.25) is 0 Å². The van der Waals surface area contributed by atoms with E-state index in [4.69, 9.17) is 5.53 Å². The number of rotatable bonds is 5. The van der Waals surface area contributed by atoms with Gasteiger partial charge in [-0.2, -0.15) is 0 Å². The second-order valence-electron chi connectivity index (χ2n) is 5.00. The van der Waals surface area contributed by atoms with Crippen LogP contribution < -0.4 is 0 Å². The van der Waals surface area contributed by atoms with Gasteiger partial charge in [0.1, 0.15) is 0 Å². The number of nitrogens with zero attached hydrogens (tertiary/aromatic N) is 4. The molecule has 0 bridgehead atoms. The van der Waals surface area contributed by atoms with Crippen molar-refractivity contribution in [1.82, 2.24) is 4.90 Å². The van der Waals surface area contributed by atoms with Gasteiger partial charge in [-0.05, 0) is 30.2 Å². The fourth-order valence-electron chi connectivity index (χ4n) is 2.37. The van der Waals surface area contributed by atoms with E-state index in [-0.39, 0.29) is 6.10 Å². The highest BCUT2D eigenvalue weighted by molar-refractivity contribution is 4.81. The molecule has 5 heteroatoms. The molecule has 1 heterocycles. The Morgan fingerprint density at radius 3 is 2.94 bits per heavy atom. The Balaban J connectivity index is 2.37. The molecule has 1 N–H and O–H groups in total. The molecule has 16 heavy (non-hydrogen) atoms. The first-order valence-electron chi connectivity index (χ1n) is 6.04. The van der Waals surface area contributed by atoms with Gasteiger partial charge in [-0.1, -0.05) is 19.0 Å². The fourth-order valence-corrected chi connectivity index (χ4v) is 2.37. The van der Waals surface area contributed by atoms with E-state index in [0.717, 1.165) is 32.5 Å². The summed E-state index contributed by atoms with van der Waals surface area (Å²) in [7, 11) is 0. The minimum atomic E-state index is -0.155. The molecule has 0 saturated carbocycles. The number of aliphatic hydroxyl groups excluding tert-OH is 1. The zero-order valence-corrected chi connectivity index (χ0v) is 10.2. The van der Waals surface area contributed by atoms with Gasteiger partial charge in [-0.25, -0.2) is 0 Å². The molecule has 1 aliphatic heterocycles. The van der Waals surface area contributed by atoms with Gasteiger partial charge in [0.15, 0.2) is 0 Å². The Kier molecular flexibility index (Phi) is 5.60. The highest BCUT2D eigenvalue weighted by Crippen LogP contribution is 2.23. The summed E-state index contributed by atoms with van der Waals surface area (Å²) in [5.41, 5.74) is 8.21. The number of likely N-dealkylation sites (tertiary alicyclic amines) is 1. The largest absolute Gasteiger partial charge is 0.393 e. The second-order valence-corrected chi connectivity index (χ2v) is 5.00. The first-order chi connectivity index (χ1) is 7.63. The minimum absolute atomic E-state index is 0.155. The van der Waals surface area contributed by atoms with Crippen molar-refractivity contribution in [3.63, 3.8) is 0 Å². The van der Waals surface area contributed by atoms with E-state index in [1.807, 2.05) is 0 Å². The Labute approximate surface area is 97.1 Å². The number of hydrogen-bond donors (Lipinski definition) is 1. The third-order valence-electron chi connectivity index (χ3n) is 3.13. The predicted molar refractivity (Wildman–Crippen MR) is 64.0 cm³/mol. The summed E-state index contributed by atoms with van der Waals surface area (Å²) in [5, 5.41) is 13.4. The number of azide groups is 1. The topological polar surface area (TPSA) is 72.2 Å². The van der Waals surface area contributed by atoms with Crippen molar-refractivity contribution >= 4 is 0 Å². The monoisotopic (exact) mass is 226 g/mol. The first kappa shape index (κ1) is 13.3. The molecule has 0 aromatic rings. The molecule has 1 fully saturated rings. The third kappa shape index (κ3) is 4.39. The quantitative estimate of drug-likeness (QED) is 0.442. The Hall–Kier alpha value is -0.770. The molecular weight excluding hydrogens is 204 g/mol. The maximum Gasteiger partial charge on any atom is 0.0592 e. The van der Waals surface area contributed by atoms with Crippen LogP contribution in [0.5, 0.6) is 0 Å². The van der Waals surface area contributed by atoms with Crippen molar-refractivity contribution in [2.75, 3.05) is 26.2 Å². The fraction of sp³-hybridized carbons (Fsp3) is 1.00. The molecule has 92 valence electrons. The minimum Gasteiger partial charge on any atom is -0.393 e. The molecule has 1 rings (SSSR count). The lowest BCUT2D eigenvalue weighted by Crippen LogP contribution is -2.44. The smallest absolute Gasteiger partial charge is 0.0592 e. The molecule has 0 unspecified atom stereocenters. The van der Waals surface area contributed by atoms with Crippen LogP contribution in [0.2, 0.25) is 0 Å². The summed E-state index contributed by atoms with van der Waals surface area (Å²) in [5.74, 6) is 0.997. The number of aliphatic hydroxyl groups is 1. The molecular formula is C11H22N4O. The summed E-state index contributed by atoms with van der Waals surface area (Å²) >= 11 is 0. The molecule has 0 aliphatic carbocycles. The van der Waals surface area contributed by atoms with Crippen molar-refractivity contribution in [2.45, 2.75) is 32.8 Å². The van der Waals surface area contributed by atoms with Crippen LogP contribution in [0.15, 0.2) is 5.11 Å². The van der Waals surface area contributed by atoms with Gasteiger partial charge in [-0.3, -0.25) is 0 Å². The summed E-state index contributed by atoms with van der Waals surface area (Å²) < 4.78 is 0. The van der Waals surface area contributed by atoms with E-state index >= 15 is 0 Å². The zero-order chi connectivity index (χ0) is 12.0.